The molecule has 134 valence electrons. The molecule has 2 heterocycles. The first kappa shape index (κ1) is 17.4. The van der Waals surface area contributed by atoms with Crippen LogP contribution >= 0.6 is 11.8 Å². The van der Waals surface area contributed by atoms with E-state index < -0.39 is 0 Å². The molecule has 1 aliphatic heterocycles. The van der Waals surface area contributed by atoms with Crippen molar-refractivity contribution in [3.63, 3.8) is 0 Å². The number of carbonyl (C=O) groups excluding carboxylic acids is 1. The molecule has 4 N–H and O–H groups in total. The van der Waals surface area contributed by atoms with Gasteiger partial charge in [-0.15, -0.1) is 5.10 Å². The van der Waals surface area contributed by atoms with Gasteiger partial charge >= 0.3 is 0 Å². The first-order valence-electron chi connectivity index (χ1n) is 8.07. The third-order valence-corrected chi connectivity index (χ3v) is 4.52. The molecular weight excluding hydrogens is 342 g/mol. The number of aromatic nitrogens is 3. The zero-order chi connectivity index (χ0) is 17.8. The molecule has 0 unspecified atom stereocenters. The number of fused-ring (bicyclic) bond motifs is 1. The summed E-state index contributed by atoms with van der Waals surface area (Å²) in [6.45, 7) is 4.91. The van der Waals surface area contributed by atoms with Gasteiger partial charge in [-0.2, -0.15) is 4.98 Å². The van der Waals surface area contributed by atoms with Crippen molar-refractivity contribution in [3.8, 4) is 11.5 Å². The van der Waals surface area contributed by atoms with E-state index >= 15 is 0 Å². The summed E-state index contributed by atoms with van der Waals surface area (Å²) in [6.07, 6.45) is 1.04. The highest BCUT2D eigenvalue weighted by molar-refractivity contribution is 7.99. The van der Waals surface area contributed by atoms with Crippen LogP contribution in [0.3, 0.4) is 0 Å². The minimum absolute atomic E-state index is 0.120. The summed E-state index contributed by atoms with van der Waals surface area (Å²) in [5, 5.41) is 9.74. The molecule has 1 atom stereocenters. The summed E-state index contributed by atoms with van der Waals surface area (Å²) in [4.78, 5) is 16.0. The highest BCUT2D eigenvalue weighted by Gasteiger charge is 2.22. The number of H-pyrrole nitrogens is 1. The number of ether oxygens (including phenoxy) is 2. The Morgan fingerprint density at radius 2 is 2.40 bits per heavy atom. The first-order chi connectivity index (χ1) is 12.0. The Hall–Kier alpha value is -2.42. The van der Waals surface area contributed by atoms with E-state index in [2.05, 4.69) is 20.5 Å². The maximum atomic E-state index is 12.1. The molecule has 0 radical (unpaired) electrons. The Balaban J connectivity index is 1.60. The quantitative estimate of drug-likeness (QED) is 0.639. The predicted molar refractivity (Wildman–Crippen MR) is 94.8 cm³/mol. The minimum atomic E-state index is -0.120. The van der Waals surface area contributed by atoms with Crippen LogP contribution in [0.1, 0.15) is 25.0 Å². The lowest BCUT2D eigenvalue weighted by molar-refractivity contribution is -0.118. The number of nitrogens with two attached hydrogens (primary N) is 1. The molecule has 1 aromatic carbocycles. The number of rotatable bonds is 7. The largest absolute Gasteiger partial charge is 0.494 e. The molecule has 0 aliphatic carbocycles. The van der Waals surface area contributed by atoms with Gasteiger partial charge in [0, 0.05) is 24.1 Å². The summed E-state index contributed by atoms with van der Waals surface area (Å²) >= 11 is 1.22. The molecule has 0 saturated heterocycles. The van der Waals surface area contributed by atoms with Crippen molar-refractivity contribution in [1.82, 2.24) is 20.5 Å². The maximum absolute atomic E-state index is 12.1. The Kier molecular flexibility index (Phi) is 5.32. The van der Waals surface area contributed by atoms with Gasteiger partial charge in [-0.3, -0.25) is 4.79 Å². The molecule has 0 bridgehead atoms. The molecule has 1 aromatic heterocycles. The lowest BCUT2D eigenvalue weighted by atomic mass is 10.1. The third-order valence-electron chi connectivity index (χ3n) is 3.67. The van der Waals surface area contributed by atoms with Crippen LogP contribution in [0.5, 0.6) is 11.5 Å². The number of nitrogens with one attached hydrogen (secondary N) is 2. The number of nitrogen functional groups attached to an aromatic ring is 1. The van der Waals surface area contributed by atoms with Crippen LogP contribution in [0.4, 0.5) is 5.95 Å². The van der Waals surface area contributed by atoms with Crippen molar-refractivity contribution in [1.29, 1.82) is 0 Å². The fourth-order valence-corrected chi connectivity index (χ4v) is 3.24. The highest BCUT2D eigenvalue weighted by atomic mass is 32.2. The van der Waals surface area contributed by atoms with Gasteiger partial charge in [0.05, 0.1) is 12.4 Å². The lowest BCUT2D eigenvalue weighted by Gasteiger charge is -2.13. The van der Waals surface area contributed by atoms with Gasteiger partial charge in [-0.25, -0.2) is 5.10 Å². The van der Waals surface area contributed by atoms with Crippen molar-refractivity contribution in [2.45, 2.75) is 38.1 Å². The number of amides is 1. The van der Waals surface area contributed by atoms with E-state index in [4.69, 9.17) is 15.2 Å². The number of anilines is 1. The van der Waals surface area contributed by atoms with Crippen molar-refractivity contribution in [3.05, 3.63) is 23.3 Å². The van der Waals surface area contributed by atoms with E-state index in [9.17, 15) is 4.79 Å². The molecule has 0 spiro atoms. The van der Waals surface area contributed by atoms with Crippen molar-refractivity contribution >= 4 is 23.6 Å². The van der Waals surface area contributed by atoms with E-state index in [1.54, 1.807) is 0 Å². The lowest BCUT2D eigenvalue weighted by Crippen LogP contribution is -2.25. The summed E-state index contributed by atoms with van der Waals surface area (Å²) in [6, 6.07) is 3.96. The average Bonchev–Trinajstić information content (AvgIpc) is 3.15. The maximum Gasteiger partial charge on any atom is 0.230 e. The minimum Gasteiger partial charge on any atom is -0.494 e. The summed E-state index contributed by atoms with van der Waals surface area (Å²) in [7, 11) is 0. The summed E-state index contributed by atoms with van der Waals surface area (Å²) in [5.74, 6) is 1.97. The molecule has 1 amide bonds. The fourth-order valence-electron chi connectivity index (χ4n) is 2.61. The number of aromatic amines is 1. The topological polar surface area (TPSA) is 115 Å². The molecule has 0 fully saturated rings. The fraction of sp³-hybridized carbons (Fsp3) is 0.438. The molecule has 0 saturated carbocycles. The number of carbonyl (C=O) groups is 1. The van der Waals surface area contributed by atoms with Crippen LogP contribution in [-0.2, 0) is 17.8 Å². The van der Waals surface area contributed by atoms with Gasteiger partial charge < -0.3 is 20.5 Å². The van der Waals surface area contributed by atoms with E-state index in [0.29, 0.717) is 18.3 Å². The zero-order valence-corrected chi connectivity index (χ0v) is 15.0. The van der Waals surface area contributed by atoms with Crippen LogP contribution < -0.4 is 20.5 Å². The molecule has 9 heteroatoms. The van der Waals surface area contributed by atoms with E-state index in [1.807, 2.05) is 26.0 Å². The standard InChI is InChI=1S/C16H21N5O3S/c1-3-23-12-5-10-4-9(2)24-13(10)6-11(12)7-18-14(22)8-25-16-19-15(17)20-21-16/h5-6,9H,3-4,7-8H2,1-2H3,(H,18,22)(H3,17,19,20,21)/t9-/m1/s1. The molecule has 3 rings (SSSR count). The molecular formula is C16H21N5O3S. The smallest absolute Gasteiger partial charge is 0.230 e. The van der Waals surface area contributed by atoms with Crippen LogP contribution in [0.25, 0.3) is 0 Å². The Morgan fingerprint density at radius 1 is 1.56 bits per heavy atom. The Labute approximate surface area is 149 Å². The van der Waals surface area contributed by atoms with Gasteiger partial charge in [0.2, 0.25) is 17.0 Å². The Morgan fingerprint density at radius 3 is 3.12 bits per heavy atom. The van der Waals surface area contributed by atoms with Gasteiger partial charge in [-0.05, 0) is 26.0 Å². The van der Waals surface area contributed by atoms with Crippen LogP contribution in [0.15, 0.2) is 17.3 Å². The second kappa shape index (κ2) is 7.64. The number of thioether (sulfide) groups is 1. The number of nitrogens with zero attached hydrogens (tertiary/aromatic N) is 2. The third kappa shape index (κ3) is 4.36. The highest BCUT2D eigenvalue weighted by Crippen LogP contribution is 2.35. The molecule has 25 heavy (non-hydrogen) atoms. The second-order valence-corrected chi connectivity index (χ2v) is 6.64. The van der Waals surface area contributed by atoms with Crippen molar-refractivity contribution in [2.75, 3.05) is 18.1 Å². The molecule has 2 aromatic rings. The number of benzene rings is 1. The van der Waals surface area contributed by atoms with Crippen molar-refractivity contribution in [2.24, 2.45) is 0 Å². The van der Waals surface area contributed by atoms with Gasteiger partial charge in [-0.1, -0.05) is 11.8 Å². The second-order valence-electron chi connectivity index (χ2n) is 5.70. The van der Waals surface area contributed by atoms with Crippen molar-refractivity contribution < 1.29 is 14.3 Å². The number of hydrogen-bond acceptors (Lipinski definition) is 7. The monoisotopic (exact) mass is 363 g/mol. The van der Waals surface area contributed by atoms with E-state index in [-0.39, 0.29) is 23.7 Å². The van der Waals surface area contributed by atoms with Crippen LogP contribution in [0, 0.1) is 0 Å². The summed E-state index contributed by atoms with van der Waals surface area (Å²) < 4.78 is 11.5. The normalized spacial score (nSPS) is 15.5. The number of hydrogen-bond donors (Lipinski definition) is 3. The van der Waals surface area contributed by atoms with Gasteiger partial charge in [0.15, 0.2) is 0 Å². The molecule has 1 aliphatic rings. The van der Waals surface area contributed by atoms with Gasteiger partial charge in [0.25, 0.3) is 0 Å². The zero-order valence-electron chi connectivity index (χ0n) is 14.2. The SMILES string of the molecule is CCOc1cc2c(cc1CNC(=O)CSc1n[nH]c(N)n1)O[C@H](C)C2. The van der Waals surface area contributed by atoms with Gasteiger partial charge in [0.1, 0.15) is 17.6 Å². The van der Waals surface area contributed by atoms with E-state index in [1.165, 1.54) is 11.8 Å². The van der Waals surface area contributed by atoms with Crippen LogP contribution in [0.2, 0.25) is 0 Å². The Bertz CT molecular complexity index is 764. The van der Waals surface area contributed by atoms with E-state index in [0.717, 1.165) is 29.0 Å². The predicted octanol–water partition coefficient (Wildman–Crippen LogP) is 1.52. The average molecular weight is 363 g/mol. The molecule has 8 nitrogen and oxygen atoms in total. The first-order valence-corrected chi connectivity index (χ1v) is 9.06. The summed E-state index contributed by atoms with van der Waals surface area (Å²) in [5.41, 5.74) is 7.49. The van der Waals surface area contributed by atoms with Crippen LogP contribution in [-0.4, -0.2) is 39.6 Å².